The highest BCUT2D eigenvalue weighted by molar-refractivity contribution is 4.88. The van der Waals surface area contributed by atoms with E-state index in [1.165, 1.54) is 0 Å². The summed E-state index contributed by atoms with van der Waals surface area (Å²) in [5, 5.41) is 0. The first kappa shape index (κ1) is 7.53. The fourth-order valence-corrected chi connectivity index (χ4v) is 1.39. The lowest BCUT2D eigenvalue weighted by Gasteiger charge is -2.41. The number of ether oxygens (including phenoxy) is 3. The van der Waals surface area contributed by atoms with Crippen LogP contribution in [0.1, 0.15) is 12.8 Å². The van der Waals surface area contributed by atoms with E-state index in [1.807, 2.05) is 0 Å². The van der Waals surface area contributed by atoms with E-state index in [9.17, 15) is 0 Å². The maximum atomic E-state index is 5.66. The van der Waals surface area contributed by atoms with Gasteiger partial charge in [0.25, 0.3) is 0 Å². The molecule has 0 aromatic heterocycles. The van der Waals surface area contributed by atoms with E-state index < -0.39 is 0 Å². The second-order valence-corrected chi connectivity index (χ2v) is 3.28. The fraction of sp³-hybridized carbons (Fsp3) is 1.00. The van der Waals surface area contributed by atoms with Gasteiger partial charge in [-0.2, -0.15) is 0 Å². The van der Waals surface area contributed by atoms with Crippen molar-refractivity contribution < 1.29 is 14.2 Å². The minimum atomic E-state index is -0.0690. The lowest BCUT2D eigenvalue weighted by molar-refractivity contribution is -0.238. The van der Waals surface area contributed by atoms with Crippen molar-refractivity contribution in [3.05, 3.63) is 0 Å². The zero-order valence-corrected chi connectivity index (χ0v) is 6.67. The molecule has 0 bridgehead atoms. The van der Waals surface area contributed by atoms with Gasteiger partial charge < -0.3 is 14.2 Å². The molecule has 0 atom stereocenters. The summed E-state index contributed by atoms with van der Waals surface area (Å²) in [5.74, 6) is 0. The van der Waals surface area contributed by atoms with Gasteiger partial charge in [0.2, 0.25) is 0 Å². The van der Waals surface area contributed by atoms with Crippen LogP contribution in [0.25, 0.3) is 0 Å². The van der Waals surface area contributed by atoms with Crippen molar-refractivity contribution >= 4 is 0 Å². The molecule has 1 spiro atoms. The van der Waals surface area contributed by atoms with Crippen LogP contribution in [0.3, 0.4) is 0 Å². The fourth-order valence-electron chi connectivity index (χ4n) is 1.39. The largest absolute Gasteiger partial charge is 0.378 e. The molecule has 0 aliphatic carbocycles. The number of hydrogen-bond donors (Lipinski definition) is 0. The van der Waals surface area contributed by atoms with Gasteiger partial charge in [0.1, 0.15) is 5.60 Å². The lowest BCUT2D eigenvalue weighted by Crippen LogP contribution is -2.56. The van der Waals surface area contributed by atoms with Crippen LogP contribution in [0.2, 0.25) is 0 Å². The van der Waals surface area contributed by atoms with E-state index in [0.29, 0.717) is 19.8 Å². The van der Waals surface area contributed by atoms with Crippen molar-refractivity contribution in [2.24, 2.45) is 0 Å². The minimum Gasteiger partial charge on any atom is -0.378 e. The highest BCUT2D eigenvalue weighted by atomic mass is 16.6. The van der Waals surface area contributed by atoms with Crippen molar-refractivity contribution in [3.63, 3.8) is 0 Å². The second kappa shape index (κ2) is 3.09. The van der Waals surface area contributed by atoms with Gasteiger partial charge in [-0.15, -0.1) is 0 Å². The van der Waals surface area contributed by atoms with Crippen molar-refractivity contribution in [2.75, 3.05) is 33.0 Å². The molecule has 0 unspecified atom stereocenters. The molecule has 2 saturated heterocycles. The monoisotopic (exact) mass is 158 g/mol. The van der Waals surface area contributed by atoms with Crippen molar-refractivity contribution in [1.29, 1.82) is 0 Å². The zero-order chi connectivity index (χ0) is 7.57. The van der Waals surface area contributed by atoms with E-state index in [0.717, 1.165) is 26.1 Å². The first-order chi connectivity index (χ1) is 5.41. The van der Waals surface area contributed by atoms with Crippen molar-refractivity contribution in [2.45, 2.75) is 18.4 Å². The van der Waals surface area contributed by atoms with E-state index in [-0.39, 0.29) is 5.60 Å². The summed E-state index contributed by atoms with van der Waals surface area (Å²) < 4.78 is 16.2. The van der Waals surface area contributed by atoms with Crippen LogP contribution in [0.15, 0.2) is 0 Å². The SMILES string of the molecule is C1CCOC2(COC1)COC2. The third kappa shape index (κ3) is 1.55. The van der Waals surface area contributed by atoms with Crippen LogP contribution in [-0.2, 0) is 14.2 Å². The number of rotatable bonds is 0. The normalized spacial score (nSPS) is 30.5. The summed E-state index contributed by atoms with van der Waals surface area (Å²) in [5.41, 5.74) is -0.0690. The minimum absolute atomic E-state index is 0.0690. The Labute approximate surface area is 66.6 Å². The van der Waals surface area contributed by atoms with Gasteiger partial charge in [-0.1, -0.05) is 0 Å². The summed E-state index contributed by atoms with van der Waals surface area (Å²) in [4.78, 5) is 0. The first-order valence-electron chi connectivity index (χ1n) is 4.21. The van der Waals surface area contributed by atoms with Crippen LogP contribution in [0.4, 0.5) is 0 Å². The topological polar surface area (TPSA) is 27.7 Å². The van der Waals surface area contributed by atoms with E-state index in [1.54, 1.807) is 0 Å². The molecule has 0 aromatic carbocycles. The molecule has 3 heteroatoms. The third-order valence-corrected chi connectivity index (χ3v) is 2.19. The molecule has 0 radical (unpaired) electrons. The molecule has 0 saturated carbocycles. The van der Waals surface area contributed by atoms with E-state index in [2.05, 4.69) is 0 Å². The summed E-state index contributed by atoms with van der Waals surface area (Å²) in [7, 11) is 0. The third-order valence-electron chi connectivity index (χ3n) is 2.19. The van der Waals surface area contributed by atoms with Crippen molar-refractivity contribution in [1.82, 2.24) is 0 Å². The Bertz CT molecular complexity index is 121. The van der Waals surface area contributed by atoms with E-state index in [4.69, 9.17) is 14.2 Å². The molecule has 0 aromatic rings. The van der Waals surface area contributed by atoms with Crippen LogP contribution >= 0.6 is 0 Å². The van der Waals surface area contributed by atoms with Crippen LogP contribution < -0.4 is 0 Å². The molecule has 11 heavy (non-hydrogen) atoms. The van der Waals surface area contributed by atoms with Gasteiger partial charge in [0.15, 0.2) is 0 Å². The second-order valence-electron chi connectivity index (χ2n) is 3.28. The van der Waals surface area contributed by atoms with Gasteiger partial charge >= 0.3 is 0 Å². The quantitative estimate of drug-likeness (QED) is 0.516. The average Bonchev–Trinajstić information content (AvgIpc) is 1.82. The average molecular weight is 158 g/mol. The van der Waals surface area contributed by atoms with Gasteiger partial charge in [-0.25, -0.2) is 0 Å². The Balaban J connectivity index is 1.86. The van der Waals surface area contributed by atoms with Crippen LogP contribution in [0, 0.1) is 0 Å². The summed E-state index contributed by atoms with van der Waals surface area (Å²) >= 11 is 0. The van der Waals surface area contributed by atoms with Gasteiger partial charge in [-0.05, 0) is 12.8 Å². The Morgan fingerprint density at radius 1 is 0.818 bits per heavy atom. The molecule has 3 nitrogen and oxygen atoms in total. The molecule has 0 N–H and O–H groups in total. The van der Waals surface area contributed by atoms with Crippen molar-refractivity contribution in [3.8, 4) is 0 Å². The predicted octanol–water partition coefficient (Wildman–Crippen LogP) is 0.582. The Hall–Kier alpha value is -0.120. The Morgan fingerprint density at radius 3 is 2.27 bits per heavy atom. The summed E-state index contributed by atoms with van der Waals surface area (Å²) in [6.07, 6.45) is 2.23. The van der Waals surface area contributed by atoms with Gasteiger partial charge in [-0.3, -0.25) is 0 Å². The number of hydrogen-bond acceptors (Lipinski definition) is 3. The molecule has 64 valence electrons. The standard InChI is InChI=1S/C8H14O3/c1-2-4-11-8(5-9-3-1)6-10-7-8/h1-7H2. The highest BCUT2D eigenvalue weighted by Gasteiger charge is 2.40. The molecule has 0 amide bonds. The zero-order valence-electron chi connectivity index (χ0n) is 6.67. The lowest BCUT2D eigenvalue weighted by atomic mass is 10.0. The van der Waals surface area contributed by atoms with Gasteiger partial charge in [0, 0.05) is 13.2 Å². The molecule has 2 aliphatic heterocycles. The van der Waals surface area contributed by atoms with Crippen LogP contribution in [0.5, 0.6) is 0 Å². The van der Waals surface area contributed by atoms with Gasteiger partial charge in [0.05, 0.1) is 19.8 Å². The molecular weight excluding hydrogens is 144 g/mol. The van der Waals surface area contributed by atoms with Crippen LogP contribution in [-0.4, -0.2) is 38.6 Å². The molecular formula is C8H14O3. The molecule has 2 fully saturated rings. The first-order valence-corrected chi connectivity index (χ1v) is 4.21. The highest BCUT2D eigenvalue weighted by Crippen LogP contribution is 2.24. The Morgan fingerprint density at radius 2 is 1.55 bits per heavy atom. The predicted molar refractivity (Wildman–Crippen MR) is 39.6 cm³/mol. The molecule has 2 aliphatic rings. The smallest absolute Gasteiger partial charge is 0.138 e. The Kier molecular flexibility index (Phi) is 2.11. The molecule has 2 rings (SSSR count). The maximum absolute atomic E-state index is 5.66. The summed E-state index contributed by atoms with van der Waals surface area (Å²) in [6.45, 7) is 3.89. The summed E-state index contributed by atoms with van der Waals surface area (Å²) in [6, 6.07) is 0. The maximum Gasteiger partial charge on any atom is 0.138 e. The van der Waals surface area contributed by atoms with E-state index >= 15 is 0 Å². The molecule has 2 heterocycles.